The first-order valence-corrected chi connectivity index (χ1v) is 7.34. The summed E-state index contributed by atoms with van der Waals surface area (Å²) in [5, 5.41) is 9.98. The summed E-state index contributed by atoms with van der Waals surface area (Å²) in [7, 11) is 0. The fourth-order valence-electron chi connectivity index (χ4n) is 2.60. The molecular weight excluding hydrogens is 270 g/mol. The number of rotatable bonds is 4. The summed E-state index contributed by atoms with van der Waals surface area (Å²) in [6.07, 6.45) is 5.42. The predicted molar refractivity (Wildman–Crippen MR) is 78.6 cm³/mol. The number of piperidine rings is 1. The van der Waals surface area contributed by atoms with Crippen LogP contribution in [0.25, 0.3) is 0 Å². The van der Waals surface area contributed by atoms with E-state index in [1.807, 2.05) is 19.2 Å². The van der Waals surface area contributed by atoms with E-state index in [-0.39, 0.29) is 24.0 Å². The van der Waals surface area contributed by atoms with E-state index in [0.29, 0.717) is 13.1 Å². The van der Waals surface area contributed by atoms with Gasteiger partial charge in [0, 0.05) is 44.5 Å². The summed E-state index contributed by atoms with van der Waals surface area (Å²) in [6, 6.07) is 1.84. The third-order valence-corrected chi connectivity index (χ3v) is 3.51. The van der Waals surface area contributed by atoms with Crippen molar-refractivity contribution in [3.8, 4) is 0 Å². The van der Waals surface area contributed by atoms with Gasteiger partial charge in [0.05, 0.1) is 6.54 Å². The normalized spacial score (nSPS) is 19.9. The molecule has 1 aliphatic rings. The van der Waals surface area contributed by atoms with E-state index < -0.39 is 0 Å². The Bertz CT molecular complexity index is 474. The van der Waals surface area contributed by atoms with Crippen molar-refractivity contribution in [3.63, 3.8) is 0 Å². The number of urea groups is 1. The quantitative estimate of drug-likeness (QED) is 0.852. The van der Waals surface area contributed by atoms with Crippen LogP contribution >= 0.6 is 0 Å². The zero-order chi connectivity index (χ0) is 15.2. The van der Waals surface area contributed by atoms with Crippen LogP contribution in [0.15, 0.2) is 18.5 Å². The maximum absolute atomic E-state index is 12.2. The van der Waals surface area contributed by atoms with Gasteiger partial charge in [0.2, 0.25) is 5.91 Å². The van der Waals surface area contributed by atoms with Gasteiger partial charge < -0.3 is 15.5 Å². The Morgan fingerprint density at radius 2 is 2.29 bits per heavy atom. The van der Waals surface area contributed by atoms with Crippen LogP contribution in [0.5, 0.6) is 0 Å². The van der Waals surface area contributed by atoms with Crippen LogP contribution in [-0.4, -0.2) is 51.8 Å². The summed E-state index contributed by atoms with van der Waals surface area (Å²) in [5.74, 6) is -0.0469. The van der Waals surface area contributed by atoms with Crippen molar-refractivity contribution < 1.29 is 9.59 Å². The van der Waals surface area contributed by atoms with Gasteiger partial charge in [0.1, 0.15) is 0 Å². The van der Waals surface area contributed by atoms with Crippen molar-refractivity contribution in [1.29, 1.82) is 0 Å². The number of hydrogen-bond donors (Lipinski definition) is 2. The number of carbonyl (C=O) groups is 2. The Morgan fingerprint density at radius 1 is 1.48 bits per heavy atom. The van der Waals surface area contributed by atoms with Gasteiger partial charge in [-0.15, -0.1) is 0 Å². The lowest BCUT2D eigenvalue weighted by molar-refractivity contribution is -0.119. The van der Waals surface area contributed by atoms with E-state index in [9.17, 15) is 9.59 Å². The topological polar surface area (TPSA) is 79.3 Å². The zero-order valence-electron chi connectivity index (χ0n) is 12.6. The molecule has 7 heteroatoms. The molecule has 2 unspecified atom stereocenters. The van der Waals surface area contributed by atoms with Crippen LogP contribution in [-0.2, 0) is 11.3 Å². The second-order valence-corrected chi connectivity index (χ2v) is 5.56. The molecule has 0 bridgehead atoms. The van der Waals surface area contributed by atoms with Crippen molar-refractivity contribution in [2.75, 3.05) is 13.1 Å². The predicted octanol–water partition coefficient (Wildman–Crippen LogP) is 0.582. The maximum Gasteiger partial charge on any atom is 0.317 e. The van der Waals surface area contributed by atoms with E-state index in [2.05, 4.69) is 15.7 Å². The molecule has 116 valence electrons. The Hall–Kier alpha value is -2.05. The molecule has 1 fully saturated rings. The number of likely N-dealkylation sites (tertiary alicyclic amines) is 1. The Kier molecular flexibility index (Phi) is 5.19. The molecule has 1 aromatic rings. The van der Waals surface area contributed by atoms with Crippen molar-refractivity contribution in [2.45, 2.75) is 45.3 Å². The van der Waals surface area contributed by atoms with Gasteiger partial charge >= 0.3 is 6.03 Å². The molecule has 2 N–H and O–H groups in total. The van der Waals surface area contributed by atoms with E-state index in [1.54, 1.807) is 15.8 Å². The molecule has 2 heterocycles. The van der Waals surface area contributed by atoms with E-state index >= 15 is 0 Å². The smallest absolute Gasteiger partial charge is 0.317 e. The molecule has 0 radical (unpaired) electrons. The molecule has 0 spiro atoms. The van der Waals surface area contributed by atoms with Crippen LogP contribution in [0.4, 0.5) is 4.79 Å². The molecule has 2 rings (SSSR count). The first kappa shape index (κ1) is 15.3. The Labute approximate surface area is 124 Å². The van der Waals surface area contributed by atoms with E-state index in [4.69, 9.17) is 0 Å². The number of nitrogens with one attached hydrogen (secondary N) is 2. The minimum Gasteiger partial charge on any atom is -0.352 e. The summed E-state index contributed by atoms with van der Waals surface area (Å²) >= 11 is 0. The third-order valence-electron chi connectivity index (χ3n) is 3.51. The highest BCUT2D eigenvalue weighted by Gasteiger charge is 2.24. The van der Waals surface area contributed by atoms with Crippen LogP contribution < -0.4 is 10.6 Å². The Balaban J connectivity index is 1.80. The number of amides is 3. The number of nitrogens with zero attached hydrogens (tertiary/aromatic N) is 3. The van der Waals surface area contributed by atoms with Crippen molar-refractivity contribution in [2.24, 2.45) is 0 Å². The van der Waals surface area contributed by atoms with Gasteiger partial charge in [-0.3, -0.25) is 9.48 Å². The molecule has 7 nitrogen and oxygen atoms in total. The van der Waals surface area contributed by atoms with Crippen molar-refractivity contribution in [1.82, 2.24) is 25.3 Å². The number of hydrogen-bond acceptors (Lipinski definition) is 3. The standard InChI is InChI=1S/C14H23N5O2/c1-11(9-19-8-4-6-15-19)16-14(21)18-7-3-5-13(10-18)17-12(2)20/h4,6,8,11,13H,3,5,7,9-10H2,1-2H3,(H,16,21)(H,17,20). The van der Waals surface area contributed by atoms with E-state index in [0.717, 1.165) is 19.4 Å². The second kappa shape index (κ2) is 7.10. The summed E-state index contributed by atoms with van der Waals surface area (Å²) < 4.78 is 1.79. The average molecular weight is 293 g/mol. The zero-order valence-corrected chi connectivity index (χ0v) is 12.6. The molecule has 0 aliphatic carbocycles. The van der Waals surface area contributed by atoms with Crippen LogP contribution in [0.3, 0.4) is 0 Å². The highest BCUT2D eigenvalue weighted by Crippen LogP contribution is 2.10. The molecule has 21 heavy (non-hydrogen) atoms. The highest BCUT2D eigenvalue weighted by atomic mass is 16.2. The molecule has 3 amide bonds. The van der Waals surface area contributed by atoms with Gasteiger partial charge in [-0.25, -0.2) is 4.79 Å². The number of aromatic nitrogens is 2. The van der Waals surface area contributed by atoms with Gasteiger partial charge in [-0.05, 0) is 25.8 Å². The Morgan fingerprint density at radius 3 is 2.95 bits per heavy atom. The molecule has 0 aromatic carbocycles. The minimum absolute atomic E-state index is 0.00135. The maximum atomic E-state index is 12.2. The van der Waals surface area contributed by atoms with Crippen molar-refractivity contribution >= 4 is 11.9 Å². The van der Waals surface area contributed by atoms with E-state index in [1.165, 1.54) is 6.92 Å². The van der Waals surface area contributed by atoms with Crippen molar-refractivity contribution in [3.05, 3.63) is 18.5 Å². The average Bonchev–Trinajstić information content (AvgIpc) is 2.90. The molecule has 2 atom stereocenters. The summed E-state index contributed by atoms with van der Waals surface area (Å²) in [4.78, 5) is 25.1. The fraction of sp³-hybridized carbons (Fsp3) is 0.643. The number of carbonyl (C=O) groups excluding carboxylic acids is 2. The van der Waals surface area contributed by atoms with Gasteiger partial charge in [0.25, 0.3) is 0 Å². The summed E-state index contributed by atoms with van der Waals surface area (Å²) in [6.45, 7) is 5.40. The SMILES string of the molecule is CC(=O)NC1CCCN(C(=O)NC(C)Cn2cccn2)C1. The highest BCUT2D eigenvalue weighted by molar-refractivity contribution is 5.75. The van der Waals surface area contributed by atoms with Gasteiger partial charge in [-0.2, -0.15) is 5.10 Å². The van der Waals surface area contributed by atoms with Gasteiger partial charge in [-0.1, -0.05) is 0 Å². The van der Waals surface area contributed by atoms with Gasteiger partial charge in [0.15, 0.2) is 0 Å². The van der Waals surface area contributed by atoms with Crippen LogP contribution in [0, 0.1) is 0 Å². The lowest BCUT2D eigenvalue weighted by Gasteiger charge is -2.33. The summed E-state index contributed by atoms with van der Waals surface area (Å²) in [5.41, 5.74) is 0. The fourth-order valence-corrected chi connectivity index (χ4v) is 2.60. The molecule has 1 saturated heterocycles. The first-order valence-electron chi connectivity index (χ1n) is 7.34. The monoisotopic (exact) mass is 293 g/mol. The van der Waals surface area contributed by atoms with Crippen LogP contribution in [0.1, 0.15) is 26.7 Å². The van der Waals surface area contributed by atoms with Crippen LogP contribution in [0.2, 0.25) is 0 Å². The molecule has 0 saturated carbocycles. The molecule has 1 aromatic heterocycles. The largest absolute Gasteiger partial charge is 0.352 e. The molecular formula is C14H23N5O2. The molecule has 1 aliphatic heterocycles. The first-order chi connectivity index (χ1) is 10.0. The minimum atomic E-state index is -0.0790. The lowest BCUT2D eigenvalue weighted by atomic mass is 10.1. The lowest BCUT2D eigenvalue weighted by Crippen LogP contribution is -2.53. The third kappa shape index (κ3) is 4.77. The second-order valence-electron chi connectivity index (χ2n) is 5.56.